The van der Waals surface area contributed by atoms with Gasteiger partial charge in [-0.15, -0.1) is 5.10 Å². The number of aromatic nitrogens is 4. The summed E-state index contributed by atoms with van der Waals surface area (Å²) in [6, 6.07) is 8.64. The van der Waals surface area contributed by atoms with Crippen molar-refractivity contribution in [1.82, 2.24) is 20.0 Å². The second kappa shape index (κ2) is 6.82. The first kappa shape index (κ1) is 18.1. The number of pyridine rings is 1. The quantitative estimate of drug-likeness (QED) is 0.673. The minimum Gasteiger partial charge on any atom is -0.484 e. The topological polar surface area (TPSA) is 85.9 Å². The maximum Gasteiger partial charge on any atom is 0.141 e. The molecule has 1 aromatic carbocycles. The zero-order valence-corrected chi connectivity index (χ0v) is 16.6. The summed E-state index contributed by atoms with van der Waals surface area (Å²) in [6.07, 6.45) is 6.15. The molecular formula is C22H23N5O2. The summed E-state index contributed by atoms with van der Waals surface area (Å²) in [7, 11) is 0. The standard InChI is InChI=1S/C22H23N5O2/c1-14(21-11-27(26-25-21)16-8-22(2,9-16)13-23)29-17-3-4-20-19(7-17)18-5-6-28-12-15(18)10-24-20/h3-4,7,10-11,14,16H,5-6,8-9,12H2,1-2H3. The van der Waals surface area contributed by atoms with Crippen molar-refractivity contribution < 1.29 is 9.47 Å². The highest BCUT2D eigenvalue weighted by Gasteiger charge is 2.42. The predicted molar refractivity (Wildman–Crippen MR) is 106 cm³/mol. The van der Waals surface area contributed by atoms with Crippen LogP contribution >= 0.6 is 0 Å². The van der Waals surface area contributed by atoms with Gasteiger partial charge < -0.3 is 9.47 Å². The van der Waals surface area contributed by atoms with E-state index in [2.05, 4.69) is 27.4 Å². The molecule has 1 saturated carbocycles. The van der Waals surface area contributed by atoms with Crippen molar-refractivity contribution >= 4 is 10.9 Å². The first-order valence-corrected chi connectivity index (χ1v) is 10.0. The van der Waals surface area contributed by atoms with E-state index in [1.807, 2.05) is 43.1 Å². The fourth-order valence-electron chi connectivity index (χ4n) is 4.30. The Morgan fingerprint density at radius 2 is 2.24 bits per heavy atom. The van der Waals surface area contributed by atoms with Crippen molar-refractivity contribution in [3.05, 3.63) is 47.4 Å². The predicted octanol–water partition coefficient (Wildman–Crippen LogP) is 3.90. The highest BCUT2D eigenvalue weighted by molar-refractivity contribution is 5.84. The maximum atomic E-state index is 9.19. The van der Waals surface area contributed by atoms with E-state index in [1.165, 1.54) is 5.56 Å². The summed E-state index contributed by atoms with van der Waals surface area (Å²) < 4.78 is 13.6. The summed E-state index contributed by atoms with van der Waals surface area (Å²) >= 11 is 0. The van der Waals surface area contributed by atoms with Gasteiger partial charge in [-0.05, 0) is 62.4 Å². The Hall–Kier alpha value is -2.98. The Labute approximate surface area is 169 Å². The Balaban J connectivity index is 1.34. The summed E-state index contributed by atoms with van der Waals surface area (Å²) in [4.78, 5) is 4.55. The third-order valence-electron chi connectivity index (χ3n) is 6.07. The van der Waals surface area contributed by atoms with Crippen LogP contribution in [0.5, 0.6) is 5.75 Å². The van der Waals surface area contributed by atoms with Crippen LogP contribution in [0.1, 0.15) is 55.7 Å². The molecule has 1 fully saturated rings. The van der Waals surface area contributed by atoms with Crippen LogP contribution in [0.3, 0.4) is 0 Å². The van der Waals surface area contributed by atoms with Crippen molar-refractivity contribution in [2.24, 2.45) is 5.41 Å². The first-order valence-electron chi connectivity index (χ1n) is 10.0. The fraction of sp³-hybridized carbons (Fsp3) is 0.455. The normalized spacial score (nSPS) is 24.4. The second-order valence-corrected chi connectivity index (χ2v) is 8.36. The monoisotopic (exact) mass is 389 g/mol. The first-order chi connectivity index (χ1) is 14.0. The lowest BCUT2D eigenvalue weighted by Gasteiger charge is -2.39. The van der Waals surface area contributed by atoms with Gasteiger partial charge in [0.15, 0.2) is 0 Å². The molecule has 1 unspecified atom stereocenters. The lowest BCUT2D eigenvalue weighted by molar-refractivity contribution is 0.111. The fourth-order valence-corrected chi connectivity index (χ4v) is 4.30. The van der Waals surface area contributed by atoms with Gasteiger partial charge in [0.1, 0.15) is 17.5 Å². The van der Waals surface area contributed by atoms with E-state index in [4.69, 9.17) is 9.47 Å². The Bertz CT molecular complexity index is 1110. The summed E-state index contributed by atoms with van der Waals surface area (Å²) in [5, 5.41) is 18.9. The molecule has 0 bridgehead atoms. The van der Waals surface area contributed by atoms with Crippen LogP contribution < -0.4 is 4.74 Å². The average molecular weight is 389 g/mol. The number of rotatable bonds is 4. The minimum absolute atomic E-state index is 0.223. The smallest absolute Gasteiger partial charge is 0.141 e. The summed E-state index contributed by atoms with van der Waals surface area (Å²) in [6.45, 7) is 5.33. The van der Waals surface area contributed by atoms with Gasteiger partial charge in [-0.1, -0.05) is 5.21 Å². The Morgan fingerprint density at radius 1 is 1.38 bits per heavy atom. The van der Waals surface area contributed by atoms with E-state index >= 15 is 0 Å². The Kier molecular flexibility index (Phi) is 4.25. The summed E-state index contributed by atoms with van der Waals surface area (Å²) in [5.74, 6) is 0.793. The number of nitriles is 1. The number of hydrogen-bond donors (Lipinski definition) is 0. The average Bonchev–Trinajstić information content (AvgIpc) is 3.21. The van der Waals surface area contributed by atoms with Crippen molar-refractivity contribution in [1.29, 1.82) is 5.26 Å². The number of ether oxygens (including phenoxy) is 2. The molecule has 5 rings (SSSR count). The second-order valence-electron chi connectivity index (χ2n) is 8.36. The molecule has 3 heterocycles. The van der Waals surface area contributed by atoms with Crippen molar-refractivity contribution in [2.45, 2.75) is 51.9 Å². The molecule has 1 atom stereocenters. The molecule has 0 N–H and O–H groups in total. The van der Waals surface area contributed by atoms with E-state index in [1.54, 1.807) is 0 Å². The molecule has 7 nitrogen and oxygen atoms in total. The maximum absolute atomic E-state index is 9.19. The van der Waals surface area contributed by atoms with Gasteiger partial charge in [0.25, 0.3) is 0 Å². The van der Waals surface area contributed by atoms with Crippen molar-refractivity contribution in [2.75, 3.05) is 6.61 Å². The Morgan fingerprint density at radius 3 is 3.07 bits per heavy atom. The third-order valence-corrected chi connectivity index (χ3v) is 6.07. The van der Waals surface area contributed by atoms with E-state index in [0.717, 1.165) is 53.8 Å². The number of benzene rings is 1. The molecule has 0 radical (unpaired) electrons. The van der Waals surface area contributed by atoms with E-state index in [-0.39, 0.29) is 17.6 Å². The lowest BCUT2D eigenvalue weighted by atomic mass is 9.68. The highest BCUT2D eigenvalue weighted by atomic mass is 16.5. The van der Waals surface area contributed by atoms with Gasteiger partial charge >= 0.3 is 0 Å². The zero-order valence-electron chi connectivity index (χ0n) is 16.6. The molecule has 7 heteroatoms. The van der Waals surface area contributed by atoms with E-state index in [9.17, 15) is 5.26 Å². The molecule has 2 aliphatic rings. The van der Waals surface area contributed by atoms with Crippen LogP contribution in [0.4, 0.5) is 0 Å². The van der Waals surface area contributed by atoms with Gasteiger partial charge in [-0.25, -0.2) is 4.68 Å². The zero-order chi connectivity index (χ0) is 20.0. The molecule has 0 saturated heterocycles. The SMILES string of the molecule is CC(Oc1ccc2ncc3c(c2c1)CCOC3)c1cn(C2CC(C)(C#N)C2)nn1. The van der Waals surface area contributed by atoms with Crippen LogP contribution in [0.25, 0.3) is 10.9 Å². The van der Waals surface area contributed by atoms with Gasteiger partial charge in [0, 0.05) is 11.6 Å². The molecule has 3 aromatic rings. The van der Waals surface area contributed by atoms with Crippen LogP contribution in [-0.4, -0.2) is 26.6 Å². The molecule has 2 aromatic heterocycles. The molecule has 0 amide bonds. The van der Waals surface area contributed by atoms with Crippen molar-refractivity contribution in [3.8, 4) is 11.8 Å². The molecule has 1 aliphatic carbocycles. The molecule has 0 spiro atoms. The summed E-state index contributed by atoms with van der Waals surface area (Å²) in [5.41, 5.74) is 3.99. The van der Waals surface area contributed by atoms with Crippen LogP contribution in [-0.2, 0) is 17.8 Å². The molecule has 1 aliphatic heterocycles. The van der Waals surface area contributed by atoms with Crippen LogP contribution in [0.15, 0.2) is 30.6 Å². The van der Waals surface area contributed by atoms with Crippen LogP contribution in [0.2, 0.25) is 0 Å². The van der Waals surface area contributed by atoms with Gasteiger partial charge in [-0.3, -0.25) is 4.98 Å². The van der Waals surface area contributed by atoms with Gasteiger partial charge in [-0.2, -0.15) is 5.26 Å². The minimum atomic E-state index is -0.234. The van der Waals surface area contributed by atoms with Gasteiger partial charge in [0.2, 0.25) is 0 Å². The third kappa shape index (κ3) is 3.23. The van der Waals surface area contributed by atoms with E-state index < -0.39 is 0 Å². The number of fused-ring (bicyclic) bond motifs is 3. The van der Waals surface area contributed by atoms with Gasteiger partial charge in [0.05, 0.1) is 42.5 Å². The lowest BCUT2D eigenvalue weighted by Crippen LogP contribution is -2.35. The van der Waals surface area contributed by atoms with Crippen LogP contribution in [0, 0.1) is 16.7 Å². The largest absolute Gasteiger partial charge is 0.484 e. The van der Waals surface area contributed by atoms with E-state index in [0.29, 0.717) is 6.61 Å². The van der Waals surface area contributed by atoms with Crippen molar-refractivity contribution in [3.63, 3.8) is 0 Å². The molecule has 148 valence electrons. The highest BCUT2D eigenvalue weighted by Crippen LogP contribution is 2.47. The molecular weight excluding hydrogens is 366 g/mol. The number of nitrogens with zero attached hydrogens (tertiary/aromatic N) is 5. The number of hydrogen-bond acceptors (Lipinski definition) is 6. The molecule has 29 heavy (non-hydrogen) atoms.